The second kappa shape index (κ2) is 6.35. The molecular weight excluding hydrogens is 228 g/mol. The third-order valence-electron chi connectivity index (χ3n) is 3.32. The standard InChI is InChI=1S/C13H20N4O/c14-13-11(2-1-5-16-13)8-12(18)17-9-10-3-6-15-7-4-10/h1-2,5,10,15H,3-4,6-9H2,(H2,14,16)(H,17,18). The molecule has 1 fully saturated rings. The number of nitrogens with zero attached hydrogens (tertiary/aromatic N) is 1. The van der Waals surface area contributed by atoms with Gasteiger partial charge in [-0.15, -0.1) is 0 Å². The molecule has 0 aliphatic carbocycles. The molecule has 0 saturated carbocycles. The van der Waals surface area contributed by atoms with Crippen LogP contribution in [0.25, 0.3) is 0 Å². The Morgan fingerprint density at radius 3 is 3.00 bits per heavy atom. The highest BCUT2D eigenvalue weighted by molar-refractivity contribution is 5.79. The topological polar surface area (TPSA) is 80.0 Å². The van der Waals surface area contributed by atoms with Gasteiger partial charge >= 0.3 is 0 Å². The molecule has 1 saturated heterocycles. The van der Waals surface area contributed by atoms with Crippen LogP contribution >= 0.6 is 0 Å². The Balaban J connectivity index is 1.76. The fourth-order valence-electron chi connectivity index (χ4n) is 2.18. The van der Waals surface area contributed by atoms with E-state index in [0.717, 1.165) is 38.0 Å². The highest BCUT2D eigenvalue weighted by Gasteiger charge is 2.14. The van der Waals surface area contributed by atoms with Crippen molar-refractivity contribution in [1.82, 2.24) is 15.6 Å². The summed E-state index contributed by atoms with van der Waals surface area (Å²) in [6.07, 6.45) is 4.21. The van der Waals surface area contributed by atoms with Crippen molar-refractivity contribution >= 4 is 11.7 Å². The van der Waals surface area contributed by atoms with E-state index in [1.54, 1.807) is 12.3 Å². The van der Waals surface area contributed by atoms with E-state index >= 15 is 0 Å². The Kier molecular flexibility index (Phi) is 4.52. The van der Waals surface area contributed by atoms with E-state index in [4.69, 9.17) is 5.73 Å². The zero-order valence-corrected chi connectivity index (χ0v) is 10.5. The minimum absolute atomic E-state index is 0.0215. The van der Waals surface area contributed by atoms with Crippen LogP contribution < -0.4 is 16.4 Å². The number of rotatable bonds is 4. The van der Waals surface area contributed by atoms with Gasteiger partial charge in [0, 0.05) is 18.3 Å². The lowest BCUT2D eigenvalue weighted by atomic mass is 9.98. The summed E-state index contributed by atoms with van der Waals surface area (Å²) >= 11 is 0. The average molecular weight is 248 g/mol. The largest absolute Gasteiger partial charge is 0.383 e. The molecule has 5 heteroatoms. The monoisotopic (exact) mass is 248 g/mol. The summed E-state index contributed by atoms with van der Waals surface area (Å²) in [7, 11) is 0. The number of nitrogens with two attached hydrogens (primary N) is 1. The fraction of sp³-hybridized carbons (Fsp3) is 0.538. The summed E-state index contributed by atoms with van der Waals surface area (Å²) in [5.74, 6) is 1.06. The van der Waals surface area contributed by atoms with Gasteiger partial charge in [-0.05, 0) is 37.9 Å². The minimum atomic E-state index is 0.0215. The predicted octanol–water partition coefficient (Wildman–Crippen LogP) is 0.322. The van der Waals surface area contributed by atoms with Crippen LogP contribution in [-0.2, 0) is 11.2 Å². The first-order chi connectivity index (χ1) is 8.75. The molecular formula is C13H20N4O. The van der Waals surface area contributed by atoms with Crippen LogP contribution in [0.1, 0.15) is 18.4 Å². The van der Waals surface area contributed by atoms with Crippen LogP contribution in [0.2, 0.25) is 0 Å². The third kappa shape index (κ3) is 3.70. The summed E-state index contributed by atoms with van der Waals surface area (Å²) in [6, 6.07) is 3.64. The summed E-state index contributed by atoms with van der Waals surface area (Å²) in [5, 5.41) is 6.29. The average Bonchev–Trinajstić information content (AvgIpc) is 2.40. The summed E-state index contributed by atoms with van der Waals surface area (Å²) in [5.41, 5.74) is 6.50. The number of piperidine rings is 1. The molecule has 1 aliphatic rings. The van der Waals surface area contributed by atoms with Crippen molar-refractivity contribution in [2.24, 2.45) is 5.92 Å². The SMILES string of the molecule is Nc1ncccc1CC(=O)NCC1CCNCC1. The van der Waals surface area contributed by atoms with Crippen LogP contribution in [0.5, 0.6) is 0 Å². The predicted molar refractivity (Wildman–Crippen MR) is 71.0 cm³/mol. The maximum absolute atomic E-state index is 11.8. The van der Waals surface area contributed by atoms with Gasteiger partial charge < -0.3 is 16.4 Å². The molecule has 0 radical (unpaired) electrons. The van der Waals surface area contributed by atoms with E-state index in [0.29, 0.717) is 18.2 Å². The minimum Gasteiger partial charge on any atom is -0.383 e. The van der Waals surface area contributed by atoms with Crippen molar-refractivity contribution < 1.29 is 4.79 Å². The molecule has 0 bridgehead atoms. The van der Waals surface area contributed by atoms with E-state index in [1.807, 2.05) is 6.07 Å². The third-order valence-corrected chi connectivity index (χ3v) is 3.32. The molecule has 18 heavy (non-hydrogen) atoms. The molecule has 0 atom stereocenters. The quantitative estimate of drug-likeness (QED) is 0.717. The second-order valence-corrected chi connectivity index (χ2v) is 4.72. The van der Waals surface area contributed by atoms with Gasteiger partial charge in [-0.2, -0.15) is 0 Å². The molecule has 4 N–H and O–H groups in total. The van der Waals surface area contributed by atoms with Gasteiger partial charge in [0.25, 0.3) is 0 Å². The molecule has 98 valence electrons. The van der Waals surface area contributed by atoms with Gasteiger partial charge in [0.15, 0.2) is 0 Å². The van der Waals surface area contributed by atoms with E-state index in [1.165, 1.54) is 0 Å². The maximum Gasteiger partial charge on any atom is 0.224 e. The molecule has 1 aromatic rings. The zero-order chi connectivity index (χ0) is 12.8. The van der Waals surface area contributed by atoms with Crippen molar-refractivity contribution in [2.75, 3.05) is 25.4 Å². The van der Waals surface area contributed by atoms with Crippen LogP contribution in [0, 0.1) is 5.92 Å². The smallest absolute Gasteiger partial charge is 0.224 e. The van der Waals surface area contributed by atoms with E-state index < -0.39 is 0 Å². The van der Waals surface area contributed by atoms with Gasteiger partial charge in [-0.3, -0.25) is 4.79 Å². The fourth-order valence-corrected chi connectivity index (χ4v) is 2.18. The first-order valence-corrected chi connectivity index (χ1v) is 6.42. The van der Waals surface area contributed by atoms with E-state index in [-0.39, 0.29) is 5.91 Å². The number of pyridine rings is 1. The Labute approximate surface area is 107 Å². The maximum atomic E-state index is 11.8. The Hall–Kier alpha value is -1.62. The lowest BCUT2D eigenvalue weighted by Crippen LogP contribution is -2.36. The number of carbonyl (C=O) groups is 1. The second-order valence-electron chi connectivity index (χ2n) is 4.72. The van der Waals surface area contributed by atoms with Gasteiger partial charge in [-0.1, -0.05) is 6.07 Å². The van der Waals surface area contributed by atoms with E-state index in [2.05, 4.69) is 15.6 Å². The Morgan fingerprint density at radius 2 is 2.28 bits per heavy atom. The number of anilines is 1. The van der Waals surface area contributed by atoms with E-state index in [9.17, 15) is 4.79 Å². The summed E-state index contributed by atoms with van der Waals surface area (Å²) in [6.45, 7) is 2.87. The van der Waals surface area contributed by atoms with Crippen LogP contribution in [0.15, 0.2) is 18.3 Å². The normalized spacial score (nSPS) is 16.4. The molecule has 0 spiro atoms. The molecule has 2 heterocycles. The molecule has 1 amide bonds. The molecule has 1 aliphatic heterocycles. The number of amides is 1. The molecule has 0 unspecified atom stereocenters. The van der Waals surface area contributed by atoms with Crippen LogP contribution in [0.3, 0.4) is 0 Å². The van der Waals surface area contributed by atoms with Gasteiger partial charge in [0.1, 0.15) is 5.82 Å². The summed E-state index contributed by atoms with van der Waals surface area (Å²) < 4.78 is 0. The lowest BCUT2D eigenvalue weighted by molar-refractivity contribution is -0.120. The number of carbonyl (C=O) groups excluding carboxylic acids is 1. The molecule has 5 nitrogen and oxygen atoms in total. The van der Waals surface area contributed by atoms with Gasteiger partial charge in [0.2, 0.25) is 5.91 Å². The van der Waals surface area contributed by atoms with Gasteiger partial charge in [0.05, 0.1) is 6.42 Å². The first kappa shape index (κ1) is 12.8. The number of aromatic nitrogens is 1. The number of hydrogen-bond acceptors (Lipinski definition) is 4. The first-order valence-electron chi connectivity index (χ1n) is 6.42. The van der Waals surface area contributed by atoms with Crippen molar-refractivity contribution in [1.29, 1.82) is 0 Å². The van der Waals surface area contributed by atoms with Crippen molar-refractivity contribution in [3.05, 3.63) is 23.9 Å². The highest BCUT2D eigenvalue weighted by atomic mass is 16.1. The lowest BCUT2D eigenvalue weighted by Gasteiger charge is -2.22. The summed E-state index contributed by atoms with van der Waals surface area (Å²) in [4.78, 5) is 15.8. The Bertz CT molecular complexity index is 402. The Morgan fingerprint density at radius 1 is 1.50 bits per heavy atom. The number of nitrogens with one attached hydrogen (secondary N) is 2. The molecule has 2 rings (SSSR count). The van der Waals surface area contributed by atoms with Crippen LogP contribution in [-0.4, -0.2) is 30.5 Å². The molecule has 0 aromatic carbocycles. The van der Waals surface area contributed by atoms with Crippen molar-refractivity contribution in [3.8, 4) is 0 Å². The molecule has 1 aromatic heterocycles. The highest BCUT2D eigenvalue weighted by Crippen LogP contribution is 2.11. The van der Waals surface area contributed by atoms with Crippen molar-refractivity contribution in [3.63, 3.8) is 0 Å². The van der Waals surface area contributed by atoms with Crippen LogP contribution in [0.4, 0.5) is 5.82 Å². The number of nitrogen functional groups attached to an aromatic ring is 1. The number of hydrogen-bond donors (Lipinski definition) is 3. The zero-order valence-electron chi connectivity index (χ0n) is 10.5. The van der Waals surface area contributed by atoms with Gasteiger partial charge in [-0.25, -0.2) is 4.98 Å². The van der Waals surface area contributed by atoms with Crippen molar-refractivity contribution in [2.45, 2.75) is 19.3 Å².